The van der Waals surface area contributed by atoms with Crippen molar-refractivity contribution in [3.05, 3.63) is 94.2 Å². The Morgan fingerprint density at radius 2 is 1.63 bits per heavy atom. The summed E-state index contributed by atoms with van der Waals surface area (Å²) < 4.78 is 8.30. The predicted octanol–water partition coefficient (Wildman–Crippen LogP) is 6.53. The molecule has 0 aliphatic carbocycles. The number of hydrogen-bond acceptors (Lipinski definition) is 2. The van der Waals surface area contributed by atoms with E-state index in [4.69, 9.17) is 32.9 Å². The zero-order chi connectivity index (χ0) is 18.8. The van der Waals surface area contributed by atoms with Gasteiger partial charge in [-0.05, 0) is 55.0 Å². The van der Waals surface area contributed by atoms with Crippen LogP contribution >= 0.6 is 23.2 Å². The van der Waals surface area contributed by atoms with Crippen molar-refractivity contribution < 1.29 is 4.74 Å². The standard InChI is InChI=1S/C22H18Cl2N2O/c1-15(27-19-10-7-17(23)8-11-19)22-25-20-13-18(24)9-12-21(20)26(22)14-16-5-3-2-4-6-16/h2-13,15H,14H2,1H3. The summed E-state index contributed by atoms with van der Waals surface area (Å²) >= 11 is 12.1. The van der Waals surface area contributed by atoms with E-state index in [-0.39, 0.29) is 6.10 Å². The number of fused-ring (bicyclic) bond motifs is 1. The van der Waals surface area contributed by atoms with Gasteiger partial charge in [-0.15, -0.1) is 0 Å². The Hall–Kier alpha value is -2.49. The van der Waals surface area contributed by atoms with Gasteiger partial charge in [0.25, 0.3) is 0 Å². The molecular formula is C22H18Cl2N2O. The van der Waals surface area contributed by atoms with Gasteiger partial charge in [-0.25, -0.2) is 4.98 Å². The number of aromatic nitrogens is 2. The third kappa shape index (κ3) is 3.95. The summed E-state index contributed by atoms with van der Waals surface area (Å²) in [7, 11) is 0. The molecule has 27 heavy (non-hydrogen) atoms. The first kappa shape index (κ1) is 17.9. The lowest BCUT2D eigenvalue weighted by molar-refractivity contribution is 0.212. The fraction of sp³-hybridized carbons (Fsp3) is 0.136. The van der Waals surface area contributed by atoms with E-state index < -0.39 is 0 Å². The number of rotatable bonds is 5. The minimum absolute atomic E-state index is 0.235. The van der Waals surface area contributed by atoms with E-state index >= 15 is 0 Å². The molecular weight excluding hydrogens is 379 g/mol. The van der Waals surface area contributed by atoms with E-state index in [9.17, 15) is 0 Å². The molecule has 0 aliphatic heterocycles. The molecule has 0 spiro atoms. The molecule has 136 valence electrons. The lowest BCUT2D eigenvalue weighted by atomic mass is 10.2. The van der Waals surface area contributed by atoms with Gasteiger partial charge in [-0.2, -0.15) is 0 Å². The van der Waals surface area contributed by atoms with Crippen LogP contribution in [0.1, 0.15) is 24.4 Å². The maximum absolute atomic E-state index is 6.17. The second-order valence-electron chi connectivity index (χ2n) is 6.39. The second-order valence-corrected chi connectivity index (χ2v) is 7.26. The van der Waals surface area contributed by atoms with Crippen molar-refractivity contribution >= 4 is 34.2 Å². The van der Waals surface area contributed by atoms with Crippen molar-refractivity contribution in [3.63, 3.8) is 0 Å². The van der Waals surface area contributed by atoms with Crippen LogP contribution in [-0.2, 0) is 6.54 Å². The van der Waals surface area contributed by atoms with Crippen molar-refractivity contribution in [1.82, 2.24) is 9.55 Å². The number of ether oxygens (including phenoxy) is 1. The van der Waals surface area contributed by atoms with Crippen molar-refractivity contribution in [1.29, 1.82) is 0 Å². The molecule has 0 N–H and O–H groups in total. The first-order valence-corrected chi connectivity index (χ1v) is 9.47. The van der Waals surface area contributed by atoms with E-state index in [1.54, 1.807) is 0 Å². The molecule has 0 fully saturated rings. The number of nitrogens with zero attached hydrogens (tertiary/aromatic N) is 2. The Balaban J connectivity index is 1.73. The van der Waals surface area contributed by atoms with Gasteiger partial charge in [0.05, 0.1) is 11.0 Å². The number of halogens is 2. The maximum Gasteiger partial charge on any atom is 0.153 e. The molecule has 1 aromatic heterocycles. The molecule has 0 saturated carbocycles. The molecule has 3 nitrogen and oxygen atoms in total. The van der Waals surface area contributed by atoms with Gasteiger partial charge in [0.15, 0.2) is 11.9 Å². The van der Waals surface area contributed by atoms with Crippen LogP contribution in [0.3, 0.4) is 0 Å². The molecule has 1 atom stereocenters. The lowest BCUT2D eigenvalue weighted by Crippen LogP contribution is -2.12. The van der Waals surface area contributed by atoms with Crippen molar-refractivity contribution in [2.75, 3.05) is 0 Å². The molecule has 4 aromatic rings. The summed E-state index contributed by atoms with van der Waals surface area (Å²) in [6.45, 7) is 2.71. The SMILES string of the molecule is CC(Oc1ccc(Cl)cc1)c1nc2cc(Cl)ccc2n1Cc1ccccc1. The fourth-order valence-electron chi connectivity index (χ4n) is 3.13. The van der Waals surface area contributed by atoms with Crippen LogP contribution in [0.2, 0.25) is 10.0 Å². The molecule has 0 aliphatic rings. The molecule has 5 heteroatoms. The van der Waals surface area contributed by atoms with Crippen LogP contribution in [0, 0.1) is 0 Å². The summed E-state index contributed by atoms with van der Waals surface area (Å²) in [5.41, 5.74) is 3.09. The smallest absolute Gasteiger partial charge is 0.153 e. The van der Waals surface area contributed by atoms with Gasteiger partial charge in [0.2, 0.25) is 0 Å². The monoisotopic (exact) mass is 396 g/mol. The third-order valence-electron chi connectivity index (χ3n) is 4.41. The fourth-order valence-corrected chi connectivity index (χ4v) is 3.43. The number of imidazole rings is 1. The van der Waals surface area contributed by atoms with Gasteiger partial charge in [0.1, 0.15) is 5.75 Å². The summed E-state index contributed by atoms with van der Waals surface area (Å²) in [6.07, 6.45) is -0.235. The Morgan fingerprint density at radius 1 is 0.926 bits per heavy atom. The number of hydrogen-bond donors (Lipinski definition) is 0. The average molecular weight is 397 g/mol. The number of benzene rings is 3. The summed E-state index contributed by atoms with van der Waals surface area (Å²) in [6, 6.07) is 23.4. The van der Waals surface area contributed by atoms with Crippen LogP contribution in [0.5, 0.6) is 5.75 Å². The van der Waals surface area contributed by atoms with E-state index in [0.29, 0.717) is 16.6 Å². The molecule has 0 radical (unpaired) electrons. The average Bonchev–Trinajstić information content (AvgIpc) is 3.02. The van der Waals surface area contributed by atoms with Crippen LogP contribution in [0.4, 0.5) is 0 Å². The molecule has 0 amide bonds. The van der Waals surface area contributed by atoms with Gasteiger partial charge >= 0.3 is 0 Å². The highest BCUT2D eigenvalue weighted by molar-refractivity contribution is 6.31. The Bertz CT molecular complexity index is 1060. The van der Waals surface area contributed by atoms with E-state index in [0.717, 1.165) is 22.6 Å². The van der Waals surface area contributed by atoms with Crippen LogP contribution in [0.15, 0.2) is 72.8 Å². The summed E-state index contributed by atoms with van der Waals surface area (Å²) in [5, 5.41) is 1.35. The summed E-state index contributed by atoms with van der Waals surface area (Å²) in [4.78, 5) is 4.81. The highest BCUT2D eigenvalue weighted by Gasteiger charge is 2.19. The lowest BCUT2D eigenvalue weighted by Gasteiger charge is -2.17. The highest BCUT2D eigenvalue weighted by Crippen LogP contribution is 2.28. The van der Waals surface area contributed by atoms with Crippen molar-refractivity contribution in [3.8, 4) is 5.75 Å². The zero-order valence-corrected chi connectivity index (χ0v) is 16.3. The molecule has 4 rings (SSSR count). The van der Waals surface area contributed by atoms with Crippen LogP contribution < -0.4 is 4.74 Å². The third-order valence-corrected chi connectivity index (χ3v) is 4.90. The first-order valence-electron chi connectivity index (χ1n) is 8.72. The molecule has 0 saturated heterocycles. The van der Waals surface area contributed by atoms with Gasteiger partial charge in [0, 0.05) is 16.6 Å². The summed E-state index contributed by atoms with van der Waals surface area (Å²) in [5.74, 6) is 1.61. The van der Waals surface area contributed by atoms with Crippen molar-refractivity contribution in [2.45, 2.75) is 19.6 Å². The van der Waals surface area contributed by atoms with Gasteiger partial charge in [-0.3, -0.25) is 0 Å². The van der Waals surface area contributed by atoms with Crippen molar-refractivity contribution in [2.24, 2.45) is 0 Å². The minimum atomic E-state index is -0.235. The van der Waals surface area contributed by atoms with E-state index in [2.05, 4.69) is 16.7 Å². The molecule has 0 bridgehead atoms. The zero-order valence-electron chi connectivity index (χ0n) is 14.8. The van der Waals surface area contributed by atoms with E-state index in [1.165, 1.54) is 5.56 Å². The molecule has 1 heterocycles. The first-order chi connectivity index (χ1) is 13.1. The second kappa shape index (κ2) is 7.63. The Kier molecular flexibility index (Phi) is 5.06. The predicted molar refractivity (Wildman–Crippen MR) is 111 cm³/mol. The Morgan fingerprint density at radius 3 is 2.37 bits per heavy atom. The van der Waals surface area contributed by atoms with Crippen LogP contribution in [-0.4, -0.2) is 9.55 Å². The van der Waals surface area contributed by atoms with E-state index in [1.807, 2.05) is 67.6 Å². The molecule has 1 unspecified atom stereocenters. The highest BCUT2D eigenvalue weighted by atomic mass is 35.5. The largest absolute Gasteiger partial charge is 0.483 e. The normalized spacial score (nSPS) is 12.3. The maximum atomic E-state index is 6.17. The quantitative estimate of drug-likeness (QED) is 0.383. The topological polar surface area (TPSA) is 27.1 Å². The Labute approximate surface area is 168 Å². The van der Waals surface area contributed by atoms with Gasteiger partial charge < -0.3 is 9.30 Å². The van der Waals surface area contributed by atoms with Crippen LogP contribution in [0.25, 0.3) is 11.0 Å². The minimum Gasteiger partial charge on any atom is -0.483 e. The van der Waals surface area contributed by atoms with Gasteiger partial charge in [-0.1, -0.05) is 53.5 Å². The molecule has 3 aromatic carbocycles.